The summed E-state index contributed by atoms with van der Waals surface area (Å²) in [5, 5.41) is 9.57. The summed E-state index contributed by atoms with van der Waals surface area (Å²) < 4.78 is 0. The summed E-state index contributed by atoms with van der Waals surface area (Å²) in [5.74, 6) is 0.683. The summed E-state index contributed by atoms with van der Waals surface area (Å²) in [6, 6.07) is 9.78. The van der Waals surface area contributed by atoms with Crippen LogP contribution in [-0.4, -0.2) is 17.1 Å². The van der Waals surface area contributed by atoms with E-state index in [0.717, 1.165) is 11.3 Å². The molecule has 4 heteroatoms. The minimum atomic E-state index is -0.0545. The highest BCUT2D eigenvalue weighted by Gasteiger charge is 2.11. The Kier molecular flexibility index (Phi) is 3.84. The number of anilines is 2. The van der Waals surface area contributed by atoms with E-state index < -0.39 is 0 Å². The molecule has 0 fully saturated rings. The number of halogens is 1. The van der Waals surface area contributed by atoms with Gasteiger partial charge >= 0.3 is 0 Å². The summed E-state index contributed by atoms with van der Waals surface area (Å²) in [5.41, 5.74) is 2.93. The summed E-state index contributed by atoms with van der Waals surface area (Å²) in [4.78, 5) is 6.24. The molecule has 0 atom stereocenters. The lowest BCUT2D eigenvalue weighted by molar-refractivity contribution is 0.281. The van der Waals surface area contributed by atoms with E-state index in [1.165, 1.54) is 0 Å². The molecule has 0 aliphatic heterocycles. The first-order chi connectivity index (χ1) is 8.63. The molecule has 18 heavy (non-hydrogen) atoms. The Labute approximate surface area is 112 Å². The monoisotopic (exact) mass is 262 g/mol. The van der Waals surface area contributed by atoms with Gasteiger partial charge in [-0.1, -0.05) is 29.8 Å². The number of aliphatic hydroxyl groups is 1. The molecule has 0 amide bonds. The van der Waals surface area contributed by atoms with Crippen LogP contribution in [0.4, 0.5) is 11.5 Å². The second-order valence-electron chi connectivity index (χ2n) is 4.15. The number of hydrogen-bond donors (Lipinski definition) is 1. The zero-order valence-corrected chi connectivity index (χ0v) is 11.1. The highest BCUT2D eigenvalue weighted by molar-refractivity contribution is 6.33. The Morgan fingerprint density at radius 3 is 2.67 bits per heavy atom. The second-order valence-corrected chi connectivity index (χ2v) is 4.56. The Hall–Kier alpha value is -1.58. The number of aliphatic hydroxyl groups excluding tert-OH is 1. The van der Waals surface area contributed by atoms with Crippen molar-refractivity contribution in [3.63, 3.8) is 0 Å². The van der Waals surface area contributed by atoms with Crippen molar-refractivity contribution in [2.24, 2.45) is 0 Å². The van der Waals surface area contributed by atoms with Crippen LogP contribution in [0.3, 0.4) is 0 Å². The van der Waals surface area contributed by atoms with Gasteiger partial charge in [-0.2, -0.15) is 0 Å². The van der Waals surface area contributed by atoms with Gasteiger partial charge in [0.25, 0.3) is 0 Å². The zero-order valence-electron chi connectivity index (χ0n) is 10.4. The molecule has 1 aromatic heterocycles. The molecule has 1 aromatic carbocycles. The predicted molar refractivity (Wildman–Crippen MR) is 74.4 cm³/mol. The molecule has 1 N–H and O–H groups in total. The summed E-state index contributed by atoms with van der Waals surface area (Å²) in [6.07, 6.45) is 1.63. The van der Waals surface area contributed by atoms with E-state index in [9.17, 15) is 0 Å². The lowest BCUT2D eigenvalue weighted by Gasteiger charge is -2.21. The van der Waals surface area contributed by atoms with E-state index in [-0.39, 0.29) is 6.61 Å². The molecule has 0 radical (unpaired) electrons. The first-order valence-corrected chi connectivity index (χ1v) is 6.06. The van der Waals surface area contributed by atoms with Crippen LogP contribution in [0, 0.1) is 6.92 Å². The van der Waals surface area contributed by atoms with Crippen LogP contribution in [-0.2, 0) is 6.61 Å². The molecule has 94 valence electrons. The largest absolute Gasteiger partial charge is 0.392 e. The maximum absolute atomic E-state index is 9.04. The molecule has 0 aliphatic rings. The normalized spacial score (nSPS) is 10.4. The van der Waals surface area contributed by atoms with E-state index in [4.69, 9.17) is 16.7 Å². The van der Waals surface area contributed by atoms with Crippen molar-refractivity contribution in [2.45, 2.75) is 13.5 Å². The first kappa shape index (κ1) is 12.9. The highest BCUT2D eigenvalue weighted by Crippen LogP contribution is 2.30. The lowest BCUT2D eigenvalue weighted by Crippen LogP contribution is -2.13. The van der Waals surface area contributed by atoms with Gasteiger partial charge in [0.15, 0.2) is 5.82 Å². The smallest absolute Gasteiger partial charge is 0.151 e. The zero-order chi connectivity index (χ0) is 13.1. The Balaban J connectivity index is 2.40. The standard InChI is InChI=1S/C14H15ClN2O/c1-10-5-3-4-6-13(10)17(2)14-12(15)7-11(9-18)8-16-14/h3-8,18H,9H2,1-2H3. The van der Waals surface area contributed by atoms with Gasteiger partial charge < -0.3 is 10.0 Å². The van der Waals surface area contributed by atoms with Crippen LogP contribution in [0.25, 0.3) is 0 Å². The minimum Gasteiger partial charge on any atom is -0.392 e. The molecular formula is C14H15ClN2O. The van der Waals surface area contributed by atoms with E-state index in [1.54, 1.807) is 12.3 Å². The fourth-order valence-corrected chi connectivity index (χ4v) is 2.17. The number of pyridine rings is 1. The molecule has 0 bridgehead atoms. The molecule has 0 spiro atoms. The molecule has 0 saturated heterocycles. The third-order valence-corrected chi connectivity index (χ3v) is 3.13. The third kappa shape index (κ3) is 2.47. The van der Waals surface area contributed by atoms with E-state index >= 15 is 0 Å². The van der Waals surface area contributed by atoms with Gasteiger partial charge in [-0.05, 0) is 30.2 Å². The van der Waals surface area contributed by atoms with Crippen molar-refractivity contribution < 1.29 is 5.11 Å². The van der Waals surface area contributed by atoms with Gasteiger partial charge in [0.1, 0.15) is 0 Å². The third-order valence-electron chi connectivity index (χ3n) is 2.86. The topological polar surface area (TPSA) is 36.4 Å². The van der Waals surface area contributed by atoms with Crippen LogP contribution in [0.2, 0.25) is 5.02 Å². The maximum Gasteiger partial charge on any atom is 0.151 e. The number of aromatic nitrogens is 1. The fraction of sp³-hybridized carbons (Fsp3) is 0.214. The lowest BCUT2D eigenvalue weighted by atomic mass is 10.2. The first-order valence-electron chi connectivity index (χ1n) is 5.68. The molecule has 0 aliphatic carbocycles. The SMILES string of the molecule is Cc1ccccc1N(C)c1ncc(CO)cc1Cl. The number of aryl methyl sites for hydroxylation is 1. The number of benzene rings is 1. The highest BCUT2D eigenvalue weighted by atomic mass is 35.5. The molecule has 0 unspecified atom stereocenters. The van der Waals surface area contributed by atoms with Crippen molar-refractivity contribution in [1.29, 1.82) is 0 Å². The molecule has 2 rings (SSSR count). The van der Waals surface area contributed by atoms with Crippen LogP contribution < -0.4 is 4.90 Å². The average Bonchev–Trinajstić information content (AvgIpc) is 2.38. The molecule has 3 nitrogen and oxygen atoms in total. The van der Waals surface area contributed by atoms with Gasteiger partial charge in [-0.15, -0.1) is 0 Å². The van der Waals surface area contributed by atoms with Crippen LogP contribution >= 0.6 is 11.6 Å². The Morgan fingerprint density at radius 1 is 1.33 bits per heavy atom. The quantitative estimate of drug-likeness (QED) is 0.922. The second kappa shape index (κ2) is 5.38. The van der Waals surface area contributed by atoms with E-state index in [0.29, 0.717) is 16.4 Å². The number of para-hydroxylation sites is 1. The fourth-order valence-electron chi connectivity index (χ4n) is 1.86. The van der Waals surface area contributed by atoms with Crippen molar-refractivity contribution in [3.05, 3.63) is 52.7 Å². The molecular weight excluding hydrogens is 248 g/mol. The van der Waals surface area contributed by atoms with Crippen molar-refractivity contribution in [3.8, 4) is 0 Å². The summed E-state index contributed by atoms with van der Waals surface area (Å²) in [6.45, 7) is 1.99. The van der Waals surface area contributed by atoms with Crippen LogP contribution in [0.1, 0.15) is 11.1 Å². The van der Waals surface area contributed by atoms with Gasteiger partial charge in [-0.25, -0.2) is 4.98 Å². The van der Waals surface area contributed by atoms with Crippen molar-refractivity contribution in [2.75, 3.05) is 11.9 Å². The van der Waals surface area contributed by atoms with E-state index in [2.05, 4.69) is 4.98 Å². The molecule has 0 saturated carbocycles. The predicted octanol–water partition coefficient (Wildman–Crippen LogP) is 3.30. The van der Waals surface area contributed by atoms with Gasteiger partial charge in [0, 0.05) is 18.9 Å². The van der Waals surface area contributed by atoms with Gasteiger partial charge in [0.2, 0.25) is 0 Å². The summed E-state index contributed by atoms with van der Waals surface area (Å²) in [7, 11) is 1.93. The van der Waals surface area contributed by atoms with Crippen molar-refractivity contribution in [1.82, 2.24) is 4.98 Å². The number of nitrogens with zero attached hydrogens (tertiary/aromatic N) is 2. The maximum atomic E-state index is 9.04. The number of rotatable bonds is 3. The van der Waals surface area contributed by atoms with Gasteiger partial charge in [0.05, 0.1) is 11.6 Å². The average molecular weight is 263 g/mol. The number of hydrogen-bond acceptors (Lipinski definition) is 3. The summed E-state index contributed by atoms with van der Waals surface area (Å²) >= 11 is 6.19. The Bertz CT molecular complexity index is 557. The van der Waals surface area contributed by atoms with Crippen LogP contribution in [0.15, 0.2) is 36.5 Å². The Morgan fingerprint density at radius 2 is 2.06 bits per heavy atom. The minimum absolute atomic E-state index is 0.0545. The molecule has 1 heterocycles. The van der Waals surface area contributed by atoms with E-state index in [1.807, 2.05) is 43.1 Å². The van der Waals surface area contributed by atoms with Crippen LogP contribution in [0.5, 0.6) is 0 Å². The molecule has 2 aromatic rings. The van der Waals surface area contributed by atoms with Crippen molar-refractivity contribution >= 4 is 23.1 Å². The van der Waals surface area contributed by atoms with Gasteiger partial charge in [-0.3, -0.25) is 0 Å².